The molecule has 0 aliphatic carbocycles. The molecule has 0 heterocycles. The zero-order valence-corrected chi connectivity index (χ0v) is 27.8. The Hall–Kier alpha value is -0.420. The fourth-order valence-corrected chi connectivity index (χ4v) is 6.07. The van der Waals surface area contributed by atoms with Gasteiger partial charge in [0.2, 0.25) is 0 Å². The molecule has 2 aromatic carbocycles. The Morgan fingerprint density at radius 2 is 0.944 bits per heavy atom. The van der Waals surface area contributed by atoms with E-state index < -0.39 is 32.1 Å². The van der Waals surface area contributed by atoms with E-state index >= 15 is 0 Å². The van der Waals surface area contributed by atoms with Crippen molar-refractivity contribution in [3.8, 4) is 0 Å². The minimum Gasteiger partial charge on any atom is -0.336 e. The van der Waals surface area contributed by atoms with Crippen LogP contribution in [0.4, 0.5) is 9.59 Å². The second kappa shape index (κ2) is 17.2. The quantitative estimate of drug-likeness (QED) is 0.175. The van der Waals surface area contributed by atoms with Crippen LogP contribution in [0.3, 0.4) is 0 Å². The molecule has 0 aromatic heterocycles. The molecule has 0 bridgehead atoms. The topological polar surface area (TPSA) is 151 Å². The van der Waals surface area contributed by atoms with Crippen LogP contribution >= 0.6 is 21.6 Å². The molecule has 2 rings (SSSR count). The average molecular weight is 593 g/mol. The van der Waals surface area contributed by atoms with Crippen molar-refractivity contribution in [2.24, 2.45) is 0 Å². The molecule has 0 saturated carbocycles. The molecule has 2 radical (unpaired) electrons. The predicted molar refractivity (Wildman–Crippen MR) is 146 cm³/mol. The van der Waals surface area contributed by atoms with Gasteiger partial charge in [-0.1, -0.05) is 57.0 Å². The monoisotopic (exact) mass is 592 g/mol. The largest absolute Gasteiger partial charge is 0.336 e. The number of nitrogens with one attached hydrogen (secondary N) is 4. The first-order valence-corrected chi connectivity index (χ1v) is 15.4. The number of sulfonamides is 2. The molecule has 0 spiro atoms. The fraction of sp³-hybridized carbons (Fsp3) is 0.300. The Kier molecular flexibility index (Phi) is 17.0. The third-order valence-corrected chi connectivity index (χ3v) is 9.24. The Balaban J connectivity index is 0.00000612. The third kappa shape index (κ3) is 12.9. The molecular weight excluding hydrogens is 566 g/mol. The standard InChI is InChI=1S/C20H26N4O6S4.2Na/c1-15-3-7-17(8-4-15)33(27,28)23-19(25)21-11-13-31-32-14-12-22-20(26)24-34(29,30)18-9-5-16(2)6-10-18;;/h3-10H,11-14H2,1-2H3,(H2,21,23,25)(H2,22,24,26);;. The second-order valence-corrected chi connectivity index (χ2v) is 13.1. The molecule has 0 saturated heterocycles. The van der Waals surface area contributed by atoms with Crippen molar-refractivity contribution in [3.05, 3.63) is 59.7 Å². The molecule has 2 aromatic rings. The molecule has 0 atom stereocenters. The van der Waals surface area contributed by atoms with Crippen molar-refractivity contribution in [2.45, 2.75) is 23.6 Å². The first kappa shape index (κ1) is 35.6. The summed E-state index contributed by atoms with van der Waals surface area (Å²) in [6, 6.07) is 10.6. The van der Waals surface area contributed by atoms with Crippen LogP contribution in [0.2, 0.25) is 0 Å². The van der Waals surface area contributed by atoms with Crippen molar-refractivity contribution in [3.63, 3.8) is 0 Å². The maximum atomic E-state index is 12.1. The average Bonchev–Trinajstić information content (AvgIpc) is 2.75. The van der Waals surface area contributed by atoms with Crippen LogP contribution in [0.1, 0.15) is 11.1 Å². The molecule has 4 N–H and O–H groups in total. The van der Waals surface area contributed by atoms with Gasteiger partial charge in [0.1, 0.15) is 0 Å². The number of carbonyl (C=O) groups excluding carboxylic acids is 2. The molecular formula is C20H26N4Na2O6S4. The van der Waals surface area contributed by atoms with E-state index in [4.69, 9.17) is 0 Å². The summed E-state index contributed by atoms with van der Waals surface area (Å²) in [6.07, 6.45) is 0. The molecule has 0 aliphatic heterocycles. The number of amides is 4. The van der Waals surface area contributed by atoms with Gasteiger partial charge in [0.15, 0.2) is 0 Å². The van der Waals surface area contributed by atoms with E-state index in [9.17, 15) is 26.4 Å². The Morgan fingerprint density at radius 1 is 0.639 bits per heavy atom. The van der Waals surface area contributed by atoms with Gasteiger partial charge in [0.25, 0.3) is 20.0 Å². The summed E-state index contributed by atoms with van der Waals surface area (Å²) in [7, 11) is -5.05. The normalized spacial score (nSPS) is 10.8. The molecule has 4 amide bonds. The first-order valence-electron chi connectivity index (χ1n) is 9.99. The van der Waals surface area contributed by atoms with Crippen LogP contribution in [0.25, 0.3) is 0 Å². The number of benzene rings is 2. The van der Waals surface area contributed by atoms with Gasteiger partial charge in [0.05, 0.1) is 9.79 Å². The number of urea groups is 2. The summed E-state index contributed by atoms with van der Waals surface area (Å²) in [5, 5.41) is 4.93. The van der Waals surface area contributed by atoms with E-state index in [1.54, 1.807) is 24.3 Å². The Bertz CT molecular complexity index is 1100. The zero-order chi connectivity index (χ0) is 25.2. The van der Waals surface area contributed by atoms with Gasteiger partial charge in [-0.3, -0.25) is 0 Å². The summed E-state index contributed by atoms with van der Waals surface area (Å²) >= 11 is 0. The number of aryl methyl sites for hydroxylation is 2. The van der Waals surface area contributed by atoms with Crippen molar-refractivity contribution in [1.29, 1.82) is 0 Å². The molecule has 0 aliphatic rings. The maximum Gasteiger partial charge on any atom is 0.328 e. The number of rotatable bonds is 11. The minimum absolute atomic E-state index is 0. The van der Waals surface area contributed by atoms with E-state index in [-0.39, 0.29) is 82.0 Å². The summed E-state index contributed by atoms with van der Waals surface area (Å²) in [6.45, 7) is 4.12. The van der Waals surface area contributed by atoms with Gasteiger partial charge in [0, 0.05) is 83.7 Å². The van der Waals surface area contributed by atoms with Gasteiger partial charge in [-0.25, -0.2) is 35.9 Å². The van der Waals surface area contributed by atoms with Crippen LogP contribution in [0.15, 0.2) is 58.3 Å². The third-order valence-electron chi connectivity index (χ3n) is 4.14. The smallest absolute Gasteiger partial charge is 0.328 e. The SMILES string of the molecule is Cc1ccc(S(=O)(=O)NC(=O)NCCSSCCNC(=O)NS(=O)(=O)c2ccc(C)cc2)cc1.[Na].[Na]. The van der Waals surface area contributed by atoms with Gasteiger partial charge < -0.3 is 10.6 Å². The van der Waals surface area contributed by atoms with Crippen molar-refractivity contribution in [1.82, 2.24) is 20.1 Å². The number of hydrogen-bond donors (Lipinski definition) is 4. The molecule has 10 nitrogen and oxygen atoms in total. The van der Waals surface area contributed by atoms with E-state index in [1.807, 2.05) is 23.3 Å². The van der Waals surface area contributed by atoms with Crippen molar-refractivity contribution >= 4 is 113 Å². The van der Waals surface area contributed by atoms with Gasteiger partial charge in [-0.05, 0) is 38.1 Å². The second-order valence-electron chi connectivity index (χ2n) is 6.99. The molecule has 36 heavy (non-hydrogen) atoms. The molecule has 0 unspecified atom stereocenters. The van der Waals surface area contributed by atoms with Crippen LogP contribution in [-0.2, 0) is 20.0 Å². The molecule has 188 valence electrons. The predicted octanol–water partition coefficient (Wildman–Crippen LogP) is 1.60. The molecule has 0 fully saturated rings. The van der Waals surface area contributed by atoms with Gasteiger partial charge in [-0.2, -0.15) is 0 Å². The van der Waals surface area contributed by atoms with Crippen LogP contribution in [0.5, 0.6) is 0 Å². The van der Waals surface area contributed by atoms with E-state index in [0.717, 1.165) is 11.1 Å². The van der Waals surface area contributed by atoms with E-state index in [2.05, 4.69) is 10.6 Å². The molecule has 16 heteroatoms. The van der Waals surface area contributed by atoms with Crippen LogP contribution in [0, 0.1) is 13.8 Å². The van der Waals surface area contributed by atoms with Crippen molar-refractivity contribution < 1.29 is 26.4 Å². The Labute approximate surface area is 264 Å². The van der Waals surface area contributed by atoms with Crippen LogP contribution in [-0.4, -0.2) is 113 Å². The zero-order valence-electron chi connectivity index (χ0n) is 20.5. The van der Waals surface area contributed by atoms with E-state index in [0.29, 0.717) is 11.5 Å². The maximum absolute atomic E-state index is 12.1. The van der Waals surface area contributed by atoms with Crippen molar-refractivity contribution in [2.75, 3.05) is 24.6 Å². The number of hydrogen-bond acceptors (Lipinski definition) is 8. The van der Waals surface area contributed by atoms with Gasteiger partial charge >= 0.3 is 12.1 Å². The van der Waals surface area contributed by atoms with Gasteiger partial charge in [-0.15, -0.1) is 0 Å². The summed E-state index contributed by atoms with van der Waals surface area (Å²) in [5.74, 6) is 0.993. The van der Waals surface area contributed by atoms with Crippen LogP contribution < -0.4 is 20.1 Å². The first-order chi connectivity index (χ1) is 16.0. The Morgan fingerprint density at radius 3 is 1.25 bits per heavy atom. The summed E-state index contributed by atoms with van der Waals surface area (Å²) < 4.78 is 52.5. The fourth-order valence-electron chi connectivity index (χ4n) is 2.40. The summed E-state index contributed by atoms with van der Waals surface area (Å²) in [4.78, 5) is 23.6. The number of carbonyl (C=O) groups is 2. The summed E-state index contributed by atoms with van der Waals surface area (Å²) in [5.41, 5.74) is 1.81. The minimum atomic E-state index is -3.94. The van der Waals surface area contributed by atoms with E-state index in [1.165, 1.54) is 45.9 Å².